The van der Waals surface area contributed by atoms with Gasteiger partial charge in [-0.1, -0.05) is 48.5 Å². The Morgan fingerprint density at radius 3 is 2.11 bits per heavy atom. The van der Waals surface area contributed by atoms with Gasteiger partial charge in [-0.15, -0.1) is 0 Å². The molecule has 1 nitrogen and oxygen atoms in total. The van der Waals surface area contributed by atoms with Crippen molar-refractivity contribution >= 4 is 0 Å². The third-order valence-electron chi connectivity index (χ3n) is 4.14. The van der Waals surface area contributed by atoms with Gasteiger partial charge in [0.1, 0.15) is 0 Å². The Labute approximate surface area is 109 Å². The molecular formula is C17H19N. The van der Waals surface area contributed by atoms with E-state index >= 15 is 0 Å². The van der Waals surface area contributed by atoms with Gasteiger partial charge in [0.25, 0.3) is 0 Å². The van der Waals surface area contributed by atoms with E-state index in [1.807, 2.05) is 0 Å². The van der Waals surface area contributed by atoms with Crippen molar-refractivity contribution in [1.29, 1.82) is 0 Å². The standard InChI is InChI=1S/C17H19N/c1-12-6-2-5-9-16(12)17(18)15-10-13-7-3-4-8-14(13)11-15/h2-9,15,17H,10-11,18H2,1H3. The van der Waals surface area contributed by atoms with Crippen LogP contribution in [0.15, 0.2) is 48.5 Å². The molecule has 0 bridgehead atoms. The molecule has 0 amide bonds. The van der Waals surface area contributed by atoms with Gasteiger partial charge in [-0.05, 0) is 47.9 Å². The minimum atomic E-state index is 0.151. The van der Waals surface area contributed by atoms with E-state index in [9.17, 15) is 0 Å². The van der Waals surface area contributed by atoms with E-state index in [2.05, 4.69) is 55.5 Å². The number of rotatable bonds is 2. The van der Waals surface area contributed by atoms with Crippen LogP contribution < -0.4 is 5.73 Å². The van der Waals surface area contributed by atoms with Crippen molar-refractivity contribution in [2.75, 3.05) is 0 Å². The summed E-state index contributed by atoms with van der Waals surface area (Å²) in [5.41, 5.74) is 12.0. The maximum absolute atomic E-state index is 6.48. The normalized spacial score (nSPS) is 16.6. The van der Waals surface area contributed by atoms with Crippen LogP contribution in [0.1, 0.15) is 28.3 Å². The average molecular weight is 237 g/mol. The fourth-order valence-corrected chi connectivity index (χ4v) is 3.06. The maximum Gasteiger partial charge on any atom is 0.0332 e. The van der Waals surface area contributed by atoms with E-state index in [0.717, 1.165) is 12.8 Å². The third-order valence-corrected chi connectivity index (χ3v) is 4.14. The molecule has 92 valence electrons. The lowest BCUT2D eigenvalue weighted by Gasteiger charge is -2.21. The van der Waals surface area contributed by atoms with E-state index in [0.29, 0.717) is 5.92 Å². The van der Waals surface area contributed by atoms with Gasteiger partial charge >= 0.3 is 0 Å². The molecule has 2 aromatic rings. The predicted molar refractivity (Wildman–Crippen MR) is 75.4 cm³/mol. The predicted octanol–water partition coefficient (Wildman–Crippen LogP) is 3.41. The van der Waals surface area contributed by atoms with E-state index < -0.39 is 0 Å². The van der Waals surface area contributed by atoms with E-state index in [-0.39, 0.29) is 6.04 Å². The Bertz CT molecular complexity index is 534. The van der Waals surface area contributed by atoms with Crippen molar-refractivity contribution in [2.45, 2.75) is 25.8 Å². The molecule has 18 heavy (non-hydrogen) atoms. The molecule has 0 spiro atoms. The maximum atomic E-state index is 6.48. The summed E-state index contributed by atoms with van der Waals surface area (Å²) in [4.78, 5) is 0. The van der Waals surface area contributed by atoms with Crippen LogP contribution in [0, 0.1) is 12.8 Å². The summed E-state index contributed by atoms with van der Waals surface area (Å²) < 4.78 is 0. The van der Waals surface area contributed by atoms with Gasteiger partial charge in [0.05, 0.1) is 0 Å². The first-order valence-corrected chi connectivity index (χ1v) is 6.63. The molecule has 1 aliphatic rings. The molecule has 2 aromatic carbocycles. The highest BCUT2D eigenvalue weighted by atomic mass is 14.7. The van der Waals surface area contributed by atoms with E-state index in [1.54, 1.807) is 0 Å². The lowest BCUT2D eigenvalue weighted by atomic mass is 9.89. The van der Waals surface area contributed by atoms with Crippen LogP contribution in [0.3, 0.4) is 0 Å². The fourth-order valence-electron chi connectivity index (χ4n) is 3.06. The first-order chi connectivity index (χ1) is 8.75. The Hall–Kier alpha value is -1.60. The molecule has 0 aliphatic heterocycles. The Kier molecular flexibility index (Phi) is 2.92. The Morgan fingerprint density at radius 2 is 1.50 bits per heavy atom. The topological polar surface area (TPSA) is 26.0 Å². The van der Waals surface area contributed by atoms with Gasteiger partial charge in [0.15, 0.2) is 0 Å². The molecule has 0 heterocycles. The van der Waals surface area contributed by atoms with Gasteiger partial charge < -0.3 is 5.73 Å². The summed E-state index contributed by atoms with van der Waals surface area (Å²) in [5.74, 6) is 0.545. The van der Waals surface area contributed by atoms with Gasteiger partial charge in [0, 0.05) is 6.04 Å². The van der Waals surface area contributed by atoms with Crippen LogP contribution in [-0.4, -0.2) is 0 Å². The average Bonchev–Trinajstić information content (AvgIpc) is 2.82. The number of fused-ring (bicyclic) bond motifs is 1. The van der Waals surface area contributed by atoms with Crippen LogP contribution in [0.2, 0.25) is 0 Å². The Morgan fingerprint density at radius 1 is 0.944 bits per heavy atom. The first-order valence-electron chi connectivity index (χ1n) is 6.63. The second-order valence-electron chi connectivity index (χ2n) is 5.32. The van der Waals surface area contributed by atoms with Crippen molar-refractivity contribution in [2.24, 2.45) is 11.7 Å². The summed E-state index contributed by atoms with van der Waals surface area (Å²) in [6.07, 6.45) is 2.23. The van der Waals surface area contributed by atoms with Crippen molar-refractivity contribution < 1.29 is 0 Å². The number of nitrogens with two attached hydrogens (primary N) is 1. The monoisotopic (exact) mass is 237 g/mol. The number of hydrogen-bond acceptors (Lipinski definition) is 1. The largest absolute Gasteiger partial charge is 0.324 e. The van der Waals surface area contributed by atoms with Crippen LogP contribution in [-0.2, 0) is 12.8 Å². The second-order valence-corrected chi connectivity index (χ2v) is 5.32. The molecule has 0 fully saturated rings. The van der Waals surface area contributed by atoms with Crippen molar-refractivity contribution in [3.05, 3.63) is 70.8 Å². The quantitative estimate of drug-likeness (QED) is 0.851. The van der Waals surface area contributed by atoms with Gasteiger partial charge in [-0.3, -0.25) is 0 Å². The zero-order valence-electron chi connectivity index (χ0n) is 10.8. The number of benzene rings is 2. The lowest BCUT2D eigenvalue weighted by molar-refractivity contribution is 0.452. The molecule has 1 unspecified atom stereocenters. The fraction of sp³-hybridized carbons (Fsp3) is 0.294. The molecule has 0 aromatic heterocycles. The Balaban J connectivity index is 1.85. The molecule has 2 N–H and O–H groups in total. The molecule has 0 saturated carbocycles. The highest BCUT2D eigenvalue weighted by molar-refractivity contribution is 5.35. The number of aryl methyl sites for hydroxylation is 1. The molecule has 3 rings (SSSR count). The third kappa shape index (κ3) is 1.95. The van der Waals surface area contributed by atoms with Gasteiger partial charge in [-0.25, -0.2) is 0 Å². The van der Waals surface area contributed by atoms with Crippen LogP contribution in [0.25, 0.3) is 0 Å². The van der Waals surface area contributed by atoms with Crippen molar-refractivity contribution in [3.63, 3.8) is 0 Å². The highest BCUT2D eigenvalue weighted by Crippen LogP contribution is 2.34. The molecule has 0 radical (unpaired) electrons. The molecule has 1 aliphatic carbocycles. The van der Waals surface area contributed by atoms with Gasteiger partial charge in [0.2, 0.25) is 0 Å². The summed E-state index contributed by atoms with van der Waals surface area (Å²) in [5, 5.41) is 0. The minimum absolute atomic E-state index is 0.151. The van der Waals surface area contributed by atoms with Gasteiger partial charge in [-0.2, -0.15) is 0 Å². The van der Waals surface area contributed by atoms with Crippen LogP contribution >= 0.6 is 0 Å². The summed E-state index contributed by atoms with van der Waals surface area (Å²) in [7, 11) is 0. The van der Waals surface area contributed by atoms with E-state index in [4.69, 9.17) is 5.73 Å². The van der Waals surface area contributed by atoms with Crippen molar-refractivity contribution in [3.8, 4) is 0 Å². The first kappa shape index (κ1) is 11.5. The van der Waals surface area contributed by atoms with Crippen LogP contribution in [0.4, 0.5) is 0 Å². The zero-order chi connectivity index (χ0) is 12.5. The molecule has 0 saturated heterocycles. The smallest absolute Gasteiger partial charge is 0.0332 e. The summed E-state index contributed by atoms with van der Waals surface area (Å²) in [6, 6.07) is 17.4. The second kappa shape index (κ2) is 4.58. The minimum Gasteiger partial charge on any atom is -0.324 e. The SMILES string of the molecule is Cc1ccccc1C(N)C1Cc2ccccc2C1. The molecule has 1 heteroatoms. The van der Waals surface area contributed by atoms with Crippen LogP contribution in [0.5, 0.6) is 0 Å². The summed E-state index contributed by atoms with van der Waals surface area (Å²) in [6.45, 7) is 2.15. The molecule has 1 atom stereocenters. The zero-order valence-corrected chi connectivity index (χ0v) is 10.8. The summed E-state index contributed by atoms with van der Waals surface area (Å²) >= 11 is 0. The lowest BCUT2D eigenvalue weighted by Crippen LogP contribution is -2.22. The molecular weight excluding hydrogens is 218 g/mol. The van der Waals surface area contributed by atoms with Crippen molar-refractivity contribution in [1.82, 2.24) is 0 Å². The highest BCUT2D eigenvalue weighted by Gasteiger charge is 2.27. The number of hydrogen-bond donors (Lipinski definition) is 1. The van der Waals surface area contributed by atoms with E-state index in [1.165, 1.54) is 22.3 Å².